The molecule has 25 heavy (non-hydrogen) atoms. The molecule has 1 atom stereocenters. The van der Waals surface area contributed by atoms with E-state index in [1.165, 1.54) is 34.5 Å². The van der Waals surface area contributed by atoms with Crippen LogP contribution in [0.4, 0.5) is 4.39 Å². The summed E-state index contributed by atoms with van der Waals surface area (Å²) in [6, 6.07) is 4.14. The van der Waals surface area contributed by atoms with Crippen LogP contribution in [0.2, 0.25) is 0 Å². The molecule has 0 aliphatic carbocycles. The Morgan fingerprint density at radius 3 is 3.00 bits per heavy atom. The van der Waals surface area contributed by atoms with Crippen LogP contribution in [0.5, 0.6) is 0 Å². The van der Waals surface area contributed by atoms with Gasteiger partial charge in [0.05, 0.1) is 10.2 Å². The summed E-state index contributed by atoms with van der Waals surface area (Å²) in [7, 11) is 0. The van der Waals surface area contributed by atoms with Crippen LogP contribution in [-0.4, -0.2) is 38.4 Å². The average molecular weight is 428 g/mol. The zero-order valence-corrected chi connectivity index (χ0v) is 15.0. The highest BCUT2D eigenvalue weighted by Crippen LogP contribution is 2.33. The largest absolute Gasteiger partial charge is 0.446 e. The first kappa shape index (κ1) is 16.5. The molecule has 0 saturated carbocycles. The summed E-state index contributed by atoms with van der Waals surface area (Å²) in [4.78, 5) is 12.1. The molecule has 8 nitrogen and oxygen atoms in total. The standard InChI is InChI=1S/C14H11BrFN5O3S/c15-9-5-7(1-2-10(9)16)21-12(19-23-14(21)22)11-13(20-24-18-11)25-8-3-4-17-6-8/h1-2,5,8,17H,3-4,6H2. The van der Waals surface area contributed by atoms with Gasteiger partial charge in [-0.3, -0.25) is 4.52 Å². The van der Waals surface area contributed by atoms with E-state index >= 15 is 0 Å². The number of halogens is 2. The Morgan fingerprint density at radius 1 is 1.36 bits per heavy atom. The normalized spacial score (nSPS) is 17.3. The van der Waals surface area contributed by atoms with Gasteiger partial charge in [-0.15, -0.1) is 0 Å². The summed E-state index contributed by atoms with van der Waals surface area (Å²) in [6.45, 7) is 1.80. The molecule has 0 bridgehead atoms. The van der Waals surface area contributed by atoms with Crippen LogP contribution in [-0.2, 0) is 0 Å². The Bertz CT molecular complexity index is 966. The highest BCUT2D eigenvalue weighted by molar-refractivity contribution is 9.10. The molecule has 3 aromatic rings. The van der Waals surface area contributed by atoms with Crippen molar-refractivity contribution >= 4 is 27.7 Å². The fourth-order valence-electron chi connectivity index (χ4n) is 2.53. The van der Waals surface area contributed by atoms with Crippen molar-refractivity contribution in [1.82, 2.24) is 25.4 Å². The zero-order chi connectivity index (χ0) is 17.4. The van der Waals surface area contributed by atoms with E-state index < -0.39 is 11.6 Å². The Balaban J connectivity index is 1.76. The van der Waals surface area contributed by atoms with Gasteiger partial charge in [-0.25, -0.2) is 18.4 Å². The molecule has 1 saturated heterocycles. The van der Waals surface area contributed by atoms with Crippen molar-refractivity contribution in [3.05, 3.63) is 39.0 Å². The van der Waals surface area contributed by atoms with Crippen molar-refractivity contribution in [2.75, 3.05) is 13.1 Å². The van der Waals surface area contributed by atoms with Gasteiger partial charge >= 0.3 is 5.76 Å². The van der Waals surface area contributed by atoms with Crippen LogP contribution < -0.4 is 11.1 Å². The average Bonchev–Trinajstić information content (AvgIpc) is 3.32. The molecule has 1 unspecified atom stereocenters. The summed E-state index contributed by atoms with van der Waals surface area (Å²) in [6.07, 6.45) is 0.994. The van der Waals surface area contributed by atoms with Gasteiger partial charge in [0.2, 0.25) is 5.82 Å². The molecule has 1 fully saturated rings. The first-order valence-corrected chi connectivity index (χ1v) is 9.05. The van der Waals surface area contributed by atoms with E-state index in [0.29, 0.717) is 21.7 Å². The molecular formula is C14H11BrFN5O3S. The second kappa shape index (κ2) is 6.73. The zero-order valence-electron chi connectivity index (χ0n) is 12.6. The maximum atomic E-state index is 13.5. The Hall–Kier alpha value is -1.98. The summed E-state index contributed by atoms with van der Waals surface area (Å²) in [5, 5.41) is 15.7. The SMILES string of the molecule is O=c1onc(-c2nonc2SC2CCNC2)n1-c1ccc(F)c(Br)c1. The number of rotatable bonds is 4. The predicted molar refractivity (Wildman–Crippen MR) is 90.2 cm³/mol. The number of hydrogen-bond donors (Lipinski definition) is 1. The molecule has 130 valence electrons. The molecule has 2 aromatic heterocycles. The summed E-state index contributed by atoms with van der Waals surface area (Å²) >= 11 is 4.61. The quantitative estimate of drug-likeness (QED) is 0.676. The van der Waals surface area contributed by atoms with Crippen LogP contribution in [0, 0.1) is 5.82 Å². The van der Waals surface area contributed by atoms with Gasteiger partial charge in [-0.2, -0.15) is 0 Å². The highest BCUT2D eigenvalue weighted by atomic mass is 79.9. The lowest BCUT2D eigenvalue weighted by Crippen LogP contribution is -2.14. The van der Waals surface area contributed by atoms with Crippen LogP contribution in [0.3, 0.4) is 0 Å². The van der Waals surface area contributed by atoms with E-state index in [-0.39, 0.29) is 10.3 Å². The Labute approximate surface area is 152 Å². The minimum atomic E-state index is -0.713. The molecule has 3 heterocycles. The molecule has 1 aliphatic heterocycles. The summed E-state index contributed by atoms with van der Waals surface area (Å²) < 4.78 is 24.5. The lowest BCUT2D eigenvalue weighted by molar-refractivity contribution is 0.299. The van der Waals surface area contributed by atoms with Crippen LogP contribution in [0.15, 0.2) is 41.6 Å². The first-order valence-electron chi connectivity index (χ1n) is 7.38. The minimum absolute atomic E-state index is 0.151. The number of thioether (sulfide) groups is 1. The number of hydrogen-bond acceptors (Lipinski definition) is 8. The third-order valence-electron chi connectivity index (χ3n) is 3.73. The molecule has 4 rings (SSSR count). The van der Waals surface area contributed by atoms with Gasteiger partial charge < -0.3 is 5.32 Å². The molecule has 0 spiro atoms. The van der Waals surface area contributed by atoms with Crippen molar-refractivity contribution in [3.63, 3.8) is 0 Å². The van der Waals surface area contributed by atoms with Crippen LogP contribution >= 0.6 is 27.7 Å². The lowest BCUT2D eigenvalue weighted by Gasteiger charge is -2.06. The number of nitrogens with zero attached hydrogens (tertiary/aromatic N) is 4. The topological polar surface area (TPSA) is 99.0 Å². The summed E-state index contributed by atoms with van der Waals surface area (Å²) in [5.41, 5.74) is 0.694. The second-order valence-electron chi connectivity index (χ2n) is 5.36. The van der Waals surface area contributed by atoms with Gasteiger partial charge in [-0.1, -0.05) is 16.9 Å². The Morgan fingerprint density at radius 2 is 2.24 bits per heavy atom. The summed E-state index contributed by atoms with van der Waals surface area (Å²) in [5.74, 6) is -1.00. The molecular weight excluding hydrogens is 417 g/mol. The molecule has 1 aromatic carbocycles. The second-order valence-corrected chi connectivity index (χ2v) is 7.50. The molecule has 1 N–H and O–H groups in total. The molecule has 11 heteroatoms. The molecule has 0 radical (unpaired) electrons. The fourth-order valence-corrected chi connectivity index (χ4v) is 3.97. The number of nitrogens with one attached hydrogen (secondary N) is 1. The third-order valence-corrected chi connectivity index (χ3v) is 5.56. The van der Waals surface area contributed by atoms with Crippen molar-refractivity contribution in [1.29, 1.82) is 0 Å². The lowest BCUT2D eigenvalue weighted by atomic mass is 10.3. The highest BCUT2D eigenvalue weighted by Gasteiger charge is 2.26. The van der Waals surface area contributed by atoms with E-state index in [0.717, 1.165) is 19.5 Å². The van der Waals surface area contributed by atoms with E-state index in [1.807, 2.05) is 0 Å². The third kappa shape index (κ3) is 3.14. The first-order chi connectivity index (χ1) is 12.1. The fraction of sp³-hybridized carbons (Fsp3) is 0.286. The monoisotopic (exact) mass is 427 g/mol. The molecule has 0 amide bonds. The van der Waals surface area contributed by atoms with Crippen LogP contribution in [0.25, 0.3) is 17.2 Å². The van der Waals surface area contributed by atoms with Gasteiger partial charge in [0.25, 0.3) is 0 Å². The van der Waals surface area contributed by atoms with E-state index in [1.54, 1.807) is 0 Å². The van der Waals surface area contributed by atoms with Crippen molar-refractivity contribution < 1.29 is 13.5 Å². The predicted octanol–water partition coefficient (Wildman–Crippen LogP) is 2.23. The Kier molecular flexibility index (Phi) is 4.44. The number of aromatic nitrogens is 4. The van der Waals surface area contributed by atoms with Crippen LogP contribution in [0.1, 0.15) is 6.42 Å². The van der Waals surface area contributed by atoms with Gasteiger partial charge in [-0.05, 0) is 57.4 Å². The van der Waals surface area contributed by atoms with Gasteiger partial charge in [0.15, 0.2) is 10.7 Å². The van der Waals surface area contributed by atoms with Gasteiger partial charge in [0, 0.05) is 11.8 Å². The van der Waals surface area contributed by atoms with Gasteiger partial charge in [0.1, 0.15) is 5.82 Å². The number of benzene rings is 1. The van der Waals surface area contributed by atoms with Crippen molar-refractivity contribution in [2.24, 2.45) is 0 Å². The maximum absolute atomic E-state index is 13.5. The van der Waals surface area contributed by atoms with E-state index in [9.17, 15) is 9.18 Å². The van der Waals surface area contributed by atoms with Crippen molar-refractivity contribution in [3.8, 4) is 17.2 Å². The molecule has 1 aliphatic rings. The smallest absolute Gasteiger partial charge is 0.316 e. The maximum Gasteiger partial charge on any atom is 0.446 e. The van der Waals surface area contributed by atoms with E-state index in [4.69, 9.17) is 9.15 Å². The minimum Gasteiger partial charge on any atom is -0.316 e. The van der Waals surface area contributed by atoms with Crippen molar-refractivity contribution in [2.45, 2.75) is 16.7 Å². The van der Waals surface area contributed by atoms with E-state index in [2.05, 4.69) is 36.7 Å².